The van der Waals surface area contributed by atoms with Crippen LogP contribution in [0.5, 0.6) is 11.5 Å². The van der Waals surface area contributed by atoms with Crippen molar-refractivity contribution in [2.24, 2.45) is 12.8 Å². The smallest absolute Gasteiger partial charge is 0.271 e. The molecule has 0 unspecified atom stereocenters. The molecule has 0 spiro atoms. The summed E-state index contributed by atoms with van der Waals surface area (Å²) in [6.45, 7) is 0.180. The van der Waals surface area contributed by atoms with E-state index in [1.165, 1.54) is 4.68 Å². The van der Waals surface area contributed by atoms with Crippen LogP contribution in [0.15, 0.2) is 23.0 Å². The highest BCUT2D eigenvalue weighted by Gasteiger charge is 2.14. The molecule has 6 nitrogen and oxygen atoms in total. The molecule has 0 aliphatic rings. The lowest BCUT2D eigenvalue weighted by atomic mass is 10.1. The maximum Gasteiger partial charge on any atom is 0.271 e. The molecule has 1 aromatic heterocycles. The number of nitrogens with zero attached hydrogens (tertiary/aromatic N) is 1. The van der Waals surface area contributed by atoms with E-state index in [-0.39, 0.29) is 12.1 Å². The number of hydrogen-bond donors (Lipinski definition) is 2. The van der Waals surface area contributed by atoms with Crippen molar-refractivity contribution in [3.8, 4) is 22.8 Å². The number of ether oxygens (including phenoxy) is 2. The molecule has 0 aliphatic carbocycles. The zero-order chi connectivity index (χ0) is 14.0. The minimum absolute atomic E-state index is 0.118. The van der Waals surface area contributed by atoms with Crippen molar-refractivity contribution in [3.63, 3.8) is 0 Å². The minimum atomic E-state index is -0.118. The fourth-order valence-electron chi connectivity index (χ4n) is 2.02. The fourth-order valence-corrected chi connectivity index (χ4v) is 2.02. The van der Waals surface area contributed by atoms with E-state index in [9.17, 15) is 4.79 Å². The molecule has 0 radical (unpaired) electrons. The number of aromatic nitrogens is 2. The largest absolute Gasteiger partial charge is 0.493 e. The van der Waals surface area contributed by atoms with Crippen molar-refractivity contribution >= 4 is 0 Å². The van der Waals surface area contributed by atoms with Gasteiger partial charge in [0.1, 0.15) is 0 Å². The molecule has 0 bridgehead atoms. The van der Waals surface area contributed by atoms with Crippen molar-refractivity contribution in [2.45, 2.75) is 6.54 Å². The van der Waals surface area contributed by atoms with Crippen LogP contribution >= 0.6 is 0 Å². The van der Waals surface area contributed by atoms with Gasteiger partial charge in [-0.1, -0.05) is 0 Å². The second-order valence-corrected chi connectivity index (χ2v) is 4.10. The molecular weight excluding hydrogens is 246 g/mol. The maximum absolute atomic E-state index is 11.9. The van der Waals surface area contributed by atoms with E-state index in [0.29, 0.717) is 22.8 Å². The predicted molar refractivity (Wildman–Crippen MR) is 72.5 cm³/mol. The average Bonchev–Trinajstić information content (AvgIpc) is 2.73. The Morgan fingerprint density at radius 2 is 1.95 bits per heavy atom. The highest BCUT2D eigenvalue weighted by molar-refractivity contribution is 5.66. The Kier molecular flexibility index (Phi) is 3.62. The average molecular weight is 263 g/mol. The zero-order valence-electron chi connectivity index (χ0n) is 11.2. The molecule has 3 N–H and O–H groups in total. The summed E-state index contributed by atoms with van der Waals surface area (Å²) in [5.41, 5.74) is 7.61. The number of aromatic amines is 1. The minimum Gasteiger partial charge on any atom is -0.493 e. The summed E-state index contributed by atoms with van der Waals surface area (Å²) in [6, 6.07) is 5.45. The van der Waals surface area contributed by atoms with Gasteiger partial charge in [-0.25, -0.2) is 0 Å². The molecule has 1 heterocycles. The Hall–Kier alpha value is -2.21. The zero-order valence-corrected chi connectivity index (χ0v) is 11.2. The first-order chi connectivity index (χ1) is 9.12. The van der Waals surface area contributed by atoms with Crippen LogP contribution in [0, 0.1) is 0 Å². The summed E-state index contributed by atoms with van der Waals surface area (Å²) in [4.78, 5) is 11.9. The van der Waals surface area contributed by atoms with Crippen molar-refractivity contribution in [2.75, 3.05) is 14.2 Å². The second-order valence-electron chi connectivity index (χ2n) is 4.10. The Balaban J connectivity index is 2.59. The van der Waals surface area contributed by atoms with Crippen molar-refractivity contribution in [3.05, 3.63) is 34.1 Å². The van der Waals surface area contributed by atoms with Gasteiger partial charge < -0.3 is 15.2 Å². The Labute approximate surface area is 110 Å². The number of methoxy groups -OCH3 is 2. The van der Waals surface area contributed by atoms with E-state index in [0.717, 1.165) is 5.56 Å². The molecule has 0 amide bonds. The van der Waals surface area contributed by atoms with Crippen molar-refractivity contribution in [1.29, 1.82) is 0 Å². The van der Waals surface area contributed by atoms with Gasteiger partial charge in [0.2, 0.25) is 0 Å². The Morgan fingerprint density at radius 3 is 2.53 bits per heavy atom. The predicted octanol–water partition coefficient (Wildman–Crippen LogP) is 0.856. The summed E-state index contributed by atoms with van der Waals surface area (Å²) in [5.74, 6) is 1.24. The normalized spacial score (nSPS) is 10.5. The standard InChI is InChI=1S/C13H17N3O3/c1-16-13(17)9(7-14)12(15-16)8-4-5-10(18-2)11(6-8)19-3/h4-6,15H,7,14H2,1-3H3. The first kappa shape index (κ1) is 13.2. The van der Waals surface area contributed by atoms with Gasteiger partial charge in [0, 0.05) is 19.2 Å². The highest BCUT2D eigenvalue weighted by Crippen LogP contribution is 2.32. The van der Waals surface area contributed by atoms with Gasteiger partial charge >= 0.3 is 0 Å². The molecular formula is C13H17N3O3. The number of benzene rings is 1. The van der Waals surface area contributed by atoms with Gasteiger partial charge in [-0.3, -0.25) is 14.6 Å². The third-order valence-corrected chi connectivity index (χ3v) is 3.02. The van der Waals surface area contributed by atoms with Crippen LogP contribution < -0.4 is 20.8 Å². The molecule has 0 saturated heterocycles. The van der Waals surface area contributed by atoms with E-state index in [2.05, 4.69) is 5.10 Å². The summed E-state index contributed by atoms with van der Waals surface area (Å²) >= 11 is 0. The number of hydrogen-bond acceptors (Lipinski definition) is 4. The van der Waals surface area contributed by atoms with E-state index in [1.807, 2.05) is 12.1 Å². The third-order valence-electron chi connectivity index (χ3n) is 3.02. The molecule has 0 saturated carbocycles. The van der Waals surface area contributed by atoms with Crippen LogP contribution in [-0.4, -0.2) is 24.0 Å². The summed E-state index contributed by atoms with van der Waals surface area (Å²) in [6.07, 6.45) is 0. The van der Waals surface area contributed by atoms with E-state index in [4.69, 9.17) is 15.2 Å². The Morgan fingerprint density at radius 1 is 1.26 bits per heavy atom. The molecule has 19 heavy (non-hydrogen) atoms. The second kappa shape index (κ2) is 5.19. The highest BCUT2D eigenvalue weighted by atomic mass is 16.5. The summed E-state index contributed by atoms with van der Waals surface area (Å²) < 4.78 is 11.9. The summed E-state index contributed by atoms with van der Waals surface area (Å²) in [7, 11) is 4.80. The topological polar surface area (TPSA) is 82.3 Å². The van der Waals surface area contributed by atoms with Gasteiger partial charge in [0.05, 0.1) is 25.5 Å². The third kappa shape index (κ3) is 2.22. The van der Waals surface area contributed by atoms with Gasteiger partial charge in [0.15, 0.2) is 11.5 Å². The quantitative estimate of drug-likeness (QED) is 0.857. The van der Waals surface area contributed by atoms with Gasteiger partial charge in [-0.2, -0.15) is 0 Å². The van der Waals surface area contributed by atoms with Gasteiger partial charge in [-0.05, 0) is 18.2 Å². The molecule has 1 aromatic carbocycles. The fraction of sp³-hybridized carbons (Fsp3) is 0.308. The molecule has 0 aliphatic heterocycles. The van der Waals surface area contributed by atoms with Crippen LogP contribution in [-0.2, 0) is 13.6 Å². The lowest BCUT2D eigenvalue weighted by Gasteiger charge is -2.09. The molecule has 0 atom stereocenters. The van der Waals surface area contributed by atoms with Crippen molar-refractivity contribution < 1.29 is 9.47 Å². The molecule has 6 heteroatoms. The molecule has 2 rings (SSSR count). The van der Waals surface area contributed by atoms with Gasteiger partial charge in [0.25, 0.3) is 5.56 Å². The number of nitrogens with two attached hydrogens (primary N) is 1. The van der Waals surface area contributed by atoms with Gasteiger partial charge in [-0.15, -0.1) is 0 Å². The molecule has 0 fully saturated rings. The van der Waals surface area contributed by atoms with Crippen LogP contribution in [0.1, 0.15) is 5.56 Å². The monoisotopic (exact) mass is 263 g/mol. The van der Waals surface area contributed by atoms with Crippen molar-refractivity contribution in [1.82, 2.24) is 9.78 Å². The first-order valence-electron chi connectivity index (χ1n) is 5.82. The lowest BCUT2D eigenvalue weighted by molar-refractivity contribution is 0.355. The van der Waals surface area contributed by atoms with Crippen LogP contribution in [0.3, 0.4) is 0 Å². The maximum atomic E-state index is 11.9. The number of nitrogens with one attached hydrogen (secondary N) is 1. The Bertz CT molecular complexity index is 643. The first-order valence-corrected chi connectivity index (χ1v) is 5.82. The van der Waals surface area contributed by atoms with E-state index in [1.54, 1.807) is 27.3 Å². The van der Waals surface area contributed by atoms with E-state index < -0.39 is 0 Å². The lowest BCUT2D eigenvalue weighted by Crippen LogP contribution is -2.17. The molecule has 2 aromatic rings. The van der Waals surface area contributed by atoms with Crippen LogP contribution in [0.4, 0.5) is 0 Å². The number of H-pyrrole nitrogens is 1. The van der Waals surface area contributed by atoms with Crippen LogP contribution in [0.25, 0.3) is 11.3 Å². The molecule has 102 valence electrons. The SMILES string of the molecule is COc1ccc(-c2[nH]n(C)c(=O)c2CN)cc1OC. The van der Waals surface area contributed by atoms with Crippen LogP contribution in [0.2, 0.25) is 0 Å². The summed E-state index contributed by atoms with van der Waals surface area (Å²) in [5, 5.41) is 3.00. The number of aryl methyl sites for hydroxylation is 1. The van der Waals surface area contributed by atoms with E-state index >= 15 is 0 Å². The number of rotatable bonds is 4.